The van der Waals surface area contributed by atoms with E-state index in [4.69, 9.17) is 5.73 Å². The molecule has 2 heterocycles. The van der Waals surface area contributed by atoms with E-state index in [2.05, 4.69) is 15.3 Å². The van der Waals surface area contributed by atoms with Gasteiger partial charge in [-0.2, -0.15) is 0 Å². The fourth-order valence-electron chi connectivity index (χ4n) is 3.82. The van der Waals surface area contributed by atoms with Gasteiger partial charge in [0.05, 0.1) is 5.01 Å². The Morgan fingerprint density at radius 1 is 1.43 bits per heavy atom. The third-order valence-corrected chi connectivity index (χ3v) is 6.12. The molecule has 2 N–H and O–H groups in total. The van der Waals surface area contributed by atoms with Crippen molar-refractivity contribution in [2.45, 2.75) is 44.9 Å². The number of aromatic nitrogens is 1. The molecule has 1 aliphatic carbocycles. The van der Waals surface area contributed by atoms with Gasteiger partial charge in [-0.25, -0.2) is 4.98 Å². The molecule has 0 radical (unpaired) electrons. The highest BCUT2D eigenvalue weighted by Gasteiger charge is 2.36. The fraction of sp³-hybridized carbons (Fsp3) is 0.750. The van der Waals surface area contributed by atoms with Gasteiger partial charge in [0, 0.05) is 36.0 Å². The summed E-state index contributed by atoms with van der Waals surface area (Å²) in [5, 5.41) is 3.31. The second-order valence-electron chi connectivity index (χ2n) is 6.48. The van der Waals surface area contributed by atoms with Gasteiger partial charge in [-0.05, 0) is 45.1 Å². The van der Waals surface area contributed by atoms with Crippen molar-refractivity contribution in [2.24, 2.45) is 17.6 Å². The van der Waals surface area contributed by atoms with E-state index in [0.717, 1.165) is 50.9 Å². The summed E-state index contributed by atoms with van der Waals surface area (Å²) in [6.07, 6.45) is 5.55. The molecule has 3 rings (SSSR count). The van der Waals surface area contributed by atoms with Gasteiger partial charge in [-0.15, -0.1) is 11.3 Å². The molecule has 0 spiro atoms. The molecule has 5 heteroatoms. The lowest BCUT2D eigenvalue weighted by atomic mass is 9.92. The lowest BCUT2D eigenvalue weighted by molar-refractivity contribution is -0.137. The fourth-order valence-corrected chi connectivity index (χ4v) is 4.74. The van der Waals surface area contributed by atoms with E-state index in [1.54, 1.807) is 11.3 Å². The highest BCUT2D eigenvalue weighted by molar-refractivity contribution is 7.09. The van der Waals surface area contributed by atoms with Gasteiger partial charge < -0.3 is 10.6 Å². The number of carbonyl (C=O) groups is 1. The first kappa shape index (κ1) is 15.0. The highest BCUT2D eigenvalue weighted by atomic mass is 32.1. The molecule has 0 bridgehead atoms. The lowest BCUT2D eigenvalue weighted by Crippen LogP contribution is -2.44. The summed E-state index contributed by atoms with van der Waals surface area (Å²) in [5.74, 6) is 1.35. The summed E-state index contributed by atoms with van der Waals surface area (Å²) >= 11 is 1.74. The molecule has 2 fully saturated rings. The zero-order chi connectivity index (χ0) is 14.8. The summed E-state index contributed by atoms with van der Waals surface area (Å²) in [5.41, 5.74) is 6.93. The Labute approximate surface area is 130 Å². The van der Waals surface area contributed by atoms with E-state index < -0.39 is 0 Å². The largest absolute Gasteiger partial charge is 0.342 e. The first-order chi connectivity index (χ1) is 10.2. The van der Waals surface area contributed by atoms with E-state index in [9.17, 15) is 4.79 Å². The Balaban J connectivity index is 1.66. The van der Waals surface area contributed by atoms with Crippen LogP contribution in [0.2, 0.25) is 0 Å². The Hall–Kier alpha value is -0.940. The van der Waals surface area contributed by atoms with Crippen LogP contribution in [-0.4, -0.2) is 35.4 Å². The van der Waals surface area contributed by atoms with Crippen LogP contribution in [-0.2, 0) is 4.79 Å². The molecule has 0 aromatic carbocycles. The summed E-state index contributed by atoms with van der Waals surface area (Å²) in [4.78, 5) is 19.5. The van der Waals surface area contributed by atoms with Gasteiger partial charge in [-0.1, -0.05) is 6.42 Å². The van der Waals surface area contributed by atoms with E-state index in [-0.39, 0.29) is 5.92 Å². The van der Waals surface area contributed by atoms with Gasteiger partial charge in [-0.3, -0.25) is 4.79 Å². The molecule has 1 aromatic rings. The second-order valence-corrected chi connectivity index (χ2v) is 7.37. The molecule has 1 amide bonds. The molecular weight excluding hydrogens is 282 g/mol. The van der Waals surface area contributed by atoms with Crippen LogP contribution in [0.3, 0.4) is 0 Å². The van der Waals surface area contributed by atoms with Crippen LogP contribution in [0.25, 0.3) is 0 Å². The number of aryl methyl sites for hydroxylation is 1. The molecule has 4 nitrogen and oxygen atoms in total. The molecule has 1 unspecified atom stereocenters. The summed E-state index contributed by atoms with van der Waals surface area (Å²) in [7, 11) is 0. The Morgan fingerprint density at radius 3 is 3.00 bits per heavy atom. The van der Waals surface area contributed by atoms with Crippen molar-refractivity contribution in [1.82, 2.24) is 9.88 Å². The Bertz CT molecular complexity index is 501. The third-order valence-electron chi connectivity index (χ3n) is 5.00. The van der Waals surface area contributed by atoms with E-state index in [1.807, 2.05) is 6.92 Å². The summed E-state index contributed by atoms with van der Waals surface area (Å²) < 4.78 is 0. The maximum atomic E-state index is 12.8. The van der Waals surface area contributed by atoms with Crippen molar-refractivity contribution in [2.75, 3.05) is 19.6 Å². The van der Waals surface area contributed by atoms with E-state index in [1.165, 1.54) is 5.01 Å². The first-order valence-electron chi connectivity index (χ1n) is 8.10. The molecule has 1 aromatic heterocycles. The summed E-state index contributed by atoms with van der Waals surface area (Å²) in [6.45, 7) is 4.45. The molecule has 1 aliphatic heterocycles. The minimum atomic E-state index is 0.173. The minimum absolute atomic E-state index is 0.173. The van der Waals surface area contributed by atoms with Gasteiger partial charge in [0.15, 0.2) is 0 Å². The highest BCUT2D eigenvalue weighted by Crippen LogP contribution is 2.35. The smallest absolute Gasteiger partial charge is 0.226 e. The third kappa shape index (κ3) is 3.14. The van der Waals surface area contributed by atoms with Gasteiger partial charge in [0.2, 0.25) is 5.91 Å². The lowest BCUT2D eigenvalue weighted by Gasteiger charge is -2.34. The number of thiazole rings is 1. The SMILES string of the molecule is Cc1csc(C2CCCN(C(=O)[C@@H]3CCC[C@@H]3CN)C2)n1. The zero-order valence-corrected chi connectivity index (χ0v) is 13.6. The van der Waals surface area contributed by atoms with E-state index >= 15 is 0 Å². The number of carbonyl (C=O) groups excluding carboxylic acids is 1. The van der Waals surface area contributed by atoms with Gasteiger partial charge in [0.1, 0.15) is 0 Å². The van der Waals surface area contributed by atoms with Crippen molar-refractivity contribution in [1.29, 1.82) is 0 Å². The molecule has 21 heavy (non-hydrogen) atoms. The average molecular weight is 307 g/mol. The number of nitrogens with zero attached hydrogens (tertiary/aromatic N) is 2. The normalized spacial score (nSPS) is 29.8. The first-order valence-corrected chi connectivity index (χ1v) is 8.98. The number of rotatable bonds is 3. The maximum Gasteiger partial charge on any atom is 0.226 e. The number of piperidine rings is 1. The van der Waals surface area contributed by atoms with E-state index in [0.29, 0.717) is 24.3 Å². The van der Waals surface area contributed by atoms with Gasteiger partial charge >= 0.3 is 0 Å². The molecule has 3 atom stereocenters. The van der Waals surface area contributed by atoms with Crippen LogP contribution in [0, 0.1) is 18.8 Å². The zero-order valence-electron chi connectivity index (χ0n) is 12.8. The van der Waals surface area contributed by atoms with Crippen LogP contribution in [0.15, 0.2) is 5.38 Å². The van der Waals surface area contributed by atoms with Crippen LogP contribution >= 0.6 is 11.3 Å². The van der Waals surface area contributed by atoms with Crippen molar-refractivity contribution >= 4 is 17.2 Å². The predicted octanol–water partition coefficient (Wildman–Crippen LogP) is 2.53. The van der Waals surface area contributed by atoms with Crippen LogP contribution in [0.4, 0.5) is 0 Å². The predicted molar refractivity (Wildman–Crippen MR) is 85.3 cm³/mol. The molecular formula is C16H25N3OS. The van der Waals surface area contributed by atoms with Crippen molar-refractivity contribution in [3.63, 3.8) is 0 Å². The average Bonchev–Trinajstić information content (AvgIpc) is 3.15. The number of amides is 1. The Morgan fingerprint density at radius 2 is 2.29 bits per heavy atom. The summed E-state index contributed by atoms with van der Waals surface area (Å²) in [6, 6.07) is 0. The van der Waals surface area contributed by atoms with Crippen molar-refractivity contribution < 1.29 is 4.79 Å². The number of nitrogens with two attached hydrogens (primary N) is 1. The van der Waals surface area contributed by atoms with Crippen LogP contribution in [0.5, 0.6) is 0 Å². The minimum Gasteiger partial charge on any atom is -0.342 e. The molecule has 2 aliphatic rings. The number of hydrogen-bond acceptors (Lipinski definition) is 4. The van der Waals surface area contributed by atoms with Crippen LogP contribution < -0.4 is 5.73 Å². The van der Waals surface area contributed by atoms with Gasteiger partial charge in [0.25, 0.3) is 0 Å². The number of likely N-dealkylation sites (tertiary alicyclic amines) is 1. The standard InChI is InChI=1S/C16H25N3OS/c1-11-10-21-15(18-11)13-5-3-7-19(9-13)16(20)14-6-2-4-12(14)8-17/h10,12-14H,2-9,17H2,1H3/t12-,13?,14-/m1/s1. The molecule has 116 valence electrons. The topological polar surface area (TPSA) is 59.2 Å². The quantitative estimate of drug-likeness (QED) is 0.933. The van der Waals surface area contributed by atoms with Crippen molar-refractivity contribution in [3.8, 4) is 0 Å². The second kappa shape index (κ2) is 6.44. The molecule has 1 saturated heterocycles. The Kier molecular flexibility index (Phi) is 4.60. The van der Waals surface area contributed by atoms with Crippen molar-refractivity contribution in [3.05, 3.63) is 16.1 Å². The molecule has 1 saturated carbocycles. The monoisotopic (exact) mass is 307 g/mol. The maximum absolute atomic E-state index is 12.8. The number of hydrogen-bond donors (Lipinski definition) is 1. The van der Waals surface area contributed by atoms with Crippen LogP contribution in [0.1, 0.15) is 48.7 Å².